The Morgan fingerprint density at radius 3 is 2.28 bits per heavy atom. The van der Waals surface area contributed by atoms with Gasteiger partial charge in [-0.15, -0.1) is 0 Å². The standard InChI is InChI=1S/C24H25N3O4S/c1-18-6-4-5-7-21(18)17-27(32(3,29)30)22-12-10-20(11-13-22)24(28)26-25-16-19-8-14-23(31-2)15-9-19/h4-16H,17H2,1-3H3,(H,26,28)/b25-16-. The number of amides is 1. The Kier molecular flexibility index (Phi) is 7.27. The van der Waals surface area contributed by atoms with Crippen molar-refractivity contribution < 1.29 is 17.9 Å². The number of rotatable bonds is 8. The second kappa shape index (κ2) is 10.1. The van der Waals surface area contributed by atoms with Crippen molar-refractivity contribution in [2.45, 2.75) is 13.5 Å². The maximum Gasteiger partial charge on any atom is 0.271 e. The van der Waals surface area contributed by atoms with Crippen LogP contribution in [0.1, 0.15) is 27.0 Å². The summed E-state index contributed by atoms with van der Waals surface area (Å²) in [5, 5.41) is 3.96. The number of nitrogens with zero attached hydrogens (tertiary/aromatic N) is 2. The fraction of sp³-hybridized carbons (Fsp3) is 0.167. The molecule has 0 aliphatic carbocycles. The van der Waals surface area contributed by atoms with E-state index in [0.29, 0.717) is 11.3 Å². The van der Waals surface area contributed by atoms with Crippen molar-refractivity contribution in [3.8, 4) is 5.75 Å². The maximum atomic E-state index is 12.4. The minimum absolute atomic E-state index is 0.212. The molecule has 166 valence electrons. The van der Waals surface area contributed by atoms with Crippen molar-refractivity contribution in [3.63, 3.8) is 0 Å². The van der Waals surface area contributed by atoms with Gasteiger partial charge in [-0.3, -0.25) is 9.10 Å². The van der Waals surface area contributed by atoms with E-state index in [1.54, 1.807) is 43.5 Å². The van der Waals surface area contributed by atoms with E-state index in [-0.39, 0.29) is 6.54 Å². The number of aryl methyl sites for hydroxylation is 1. The highest BCUT2D eigenvalue weighted by molar-refractivity contribution is 7.92. The van der Waals surface area contributed by atoms with Crippen LogP contribution in [0.4, 0.5) is 5.69 Å². The Labute approximate surface area is 188 Å². The zero-order chi connectivity index (χ0) is 23.1. The number of hydrazone groups is 1. The van der Waals surface area contributed by atoms with Crippen molar-refractivity contribution >= 4 is 27.8 Å². The molecule has 8 heteroatoms. The minimum Gasteiger partial charge on any atom is -0.497 e. The number of ether oxygens (including phenoxy) is 1. The highest BCUT2D eigenvalue weighted by atomic mass is 32.2. The van der Waals surface area contributed by atoms with E-state index in [9.17, 15) is 13.2 Å². The number of hydrogen-bond acceptors (Lipinski definition) is 5. The molecule has 0 saturated carbocycles. The number of methoxy groups -OCH3 is 1. The molecule has 0 bridgehead atoms. The average Bonchev–Trinajstić information content (AvgIpc) is 2.78. The zero-order valence-electron chi connectivity index (χ0n) is 18.1. The molecule has 0 aliphatic heterocycles. The van der Waals surface area contributed by atoms with Gasteiger partial charge in [0.25, 0.3) is 5.91 Å². The summed E-state index contributed by atoms with van der Waals surface area (Å²) in [5.74, 6) is 0.336. The number of sulfonamides is 1. The van der Waals surface area contributed by atoms with E-state index in [1.165, 1.54) is 16.8 Å². The van der Waals surface area contributed by atoms with E-state index in [2.05, 4.69) is 10.5 Å². The smallest absolute Gasteiger partial charge is 0.271 e. The quantitative estimate of drug-likeness (QED) is 0.418. The molecule has 0 radical (unpaired) electrons. The predicted octanol–water partition coefficient (Wildman–Crippen LogP) is 3.73. The molecule has 3 rings (SSSR count). The molecule has 7 nitrogen and oxygen atoms in total. The van der Waals surface area contributed by atoms with Gasteiger partial charge in [-0.2, -0.15) is 5.10 Å². The molecule has 0 unspecified atom stereocenters. The van der Waals surface area contributed by atoms with E-state index >= 15 is 0 Å². The first-order valence-corrected chi connectivity index (χ1v) is 11.7. The third kappa shape index (κ3) is 5.95. The van der Waals surface area contributed by atoms with Crippen LogP contribution in [-0.4, -0.2) is 33.9 Å². The van der Waals surface area contributed by atoms with Gasteiger partial charge in [0.2, 0.25) is 10.0 Å². The lowest BCUT2D eigenvalue weighted by atomic mass is 10.1. The summed E-state index contributed by atoms with van der Waals surface area (Å²) in [5.41, 5.74) is 6.04. The van der Waals surface area contributed by atoms with E-state index < -0.39 is 15.9 Å². The average molecular weight is 452 g/mol. The van der Waals surface area contributed by atoms with Crippen molar-refractivity contribution in [2.24, 2.45) is 5.10 Å². The number of anilines is 1. The SMILES string of the molecule is COc1ccc(/C=N\NC(=O)c2ccc(N(Cc3ccccc3C)S(C)(=O)=O)cc2)cc1. The highest BCUT2D eigenvalue weighted by Crippen LogP contribution is 2.22. The summed E-state index contributed by atoms with van der Waals surface area (Å²) in [7, 11) is -1.93. The normalized spacial score (nSPS) is 11.3. The van der Waals surface area contributed by atoms with Crippen molar-refractivity contribution in [1.29, 1.82) is 0 Å². The lowest BCUT2D eigenvalue weighted by Gasteiger charge is -2.23. The molecule has 3 aromatic carbocycles. The summed E-state index contributed by atoms with van der Waals surface area (Å²) in [4.78, 5) is 12.4. The van der Waals surface area contributed by atoms with Crippen LogP contribution in [0.25, 0.3) is 0 Å². The summed E-state index contributed by atoms with van der Waals surface area (Å²) in [6, 6.07) is 21.2. The minimum atomic E-state index is -3.52. The van der Waals surface area contributed by atoms with Crippen LogP contribution in [0.5, 0.6) is 5.75 Å². The van der Waals surface area contributed by atoms with Crippen LogP contribution in [0.15, 0.2) is 77.9 Å². The second-order valence-corrected chi connectivity index (χ2v) is 9.12. The molecule has 0 aliphatic rings. The van der Waals surface area contributed by atoms with Crippen LogP contribution in [0.2, 0.25) is 0 Å². The third-order valence-corrected chi connectivity index (χ3v) is 6.03. The van der Waals surface area contributed by atoms with Crippen LogP contribution in [0, 0.1) is 6.92 Å². The molecule has 1 amide bonds. The molecule has 0 atom stereocenters. The van der Waals surface area contributed by atoms with Gasteiger partial charge >= 0.3 is 0 Å². The summed E-state index contributed by atoms with van der Waals surface area (Å²) in [6.45, 7) is 2.15. The van der Waals surface area contributed by atoms with Gasteiger partial charge in [0.15, 0.2) is 0 Å². The third-order valence-electron chi connectivity index (χ3n) is 4.89. The first-order chi connectivity index (χ1) is 15.3. The summed E-state index contributed by atoms with van der Waals surface area (Å²) in [6.07, 6.45) is 2.69. The molecular formula is C24H25N3O4S. The molecule has 32 heavy (non-hydrogen) atoms. The van der Waals surface area contributed by atoms with Crippen molar-refractivity contribution in [1.82, 2.24) is 5.43 Å². The van der Waals surface area contributed by atoms with E-state index in [0.717, 1.165) is 22.4 Å². The monoisotopic (exact) mass is 451 g/mol. The molecule has 0 heterocycles. The van der Waals surface area contributed by atoms with Crippen LogP contribution >= 0.6 is 0 Å². The van der Waals surface area contributed by atoms with E-state index in [1.807, 2.05) is 43.3 Å². The summed E-state index contributed by atoms with van der Waals surface area (Å²) >= 11 is 0. The Balaban J connectivity index is 1.70. The number of nitrogens with one attached hydrogen (secondary N) is 1. The van der Waals surface area contributed by atoms with Gasteiger partial charge in [-0.05, 0) is 72.1 Å². The zero-order valence-corrected chi connectivity index (χ0v) is 19.0. The molecule has 3 aromatic rings. The topological polar surface area (TPSA) is 88.1 Å². The number of carbonyl (C=O) groups is 1. The Morgan fingerprint density at radius 2 is 1.69 bits per heavy atom. The molecule has 0 spiro atoms. The first kappa shape index (κ1) is 23.0. The van der Waals surface area contributed by atoms with Gasteiger partial charge in [0, 0.05) is 5.56 Å². The van der Waals surface area contributed by atoms with Gasteiger partial charge < -0.3 is 4.74 Å². The first-order valence-electron chi connectivity index (χ1n) is 9.87. The fourth-order valence-electron chi connectivity index (χ4n) is 3.04. The second-order valence-electron chi connectivity index (χ2n) is 7.22. The fourth-order valence-corrected chi connectivity index (χ4v) is 3.92. The van der Waals surface area contributed by atoms with Crippen molar-refractivity contribution in [3.05, 3.63) is 95.1 Å². The van der Waals surface area contributed by atoms with Crippen LogP contribution in [-0.2, 0) is 16.6 Å². The van der Waals surface area contributed by atoms with Gasteiger partial charge in [-0.25, -0.2) is 13.8 Å². The van der Waals surface area contributed by atoms with Gasteiger partial charge in [0.05, 0.1) is 31.8 Å². The molecule has 0 aromatic heterocycles. The highest BCUT2D eigenvalue weighted by Gasteiger charge is 2.19. The lowest BCUT2D eigenvalue weighted by Crippen LogP contribution is -2.29. The number of hydrogen-bond donors (Lipinski definition) is 1. The Bertz CT molecular complexity index is 1200. The number of benzene rings is 3. The van der Waals surface area contributed by atoms with Crippen molar-refractivity contribution in [2.75, 3.05) is 17.7 Å². The lowest BCUT2D eigenvalue weighted by molar-refractivity contribution is 0.0955. The molecular weight excluding hydrogens is 426 g/mol. The largest absolute Gasteiger partial charge is 0.497 e. The number of carbonyl (C=O) groups excluding carboxylic acids is 1. The summed E-state index contributed by atoms with van der Waals surface area (Å²) < 4.78 is 31.2. The predicted molar refractivity (Wildman–Crippen MR) is 127 cm³/mol. The van der Waals surface area contributed by atoms with Gasteiger partial charge in [0.1, 0.15) is 5.75 Å². The molecule has 0 saturated heterocycles. The van der Waals surface area contributed by atoms with Crippen LogP contribution < -0.4 is 14.5 Å². The van der Waals surface area contributed by atoms with E-state index in [4.69, 9.17) is 4.74 Å². The van der Waals surface area contributed by atoms with Crippen LogP contribution in [0.3, 0.4) is 0 Å². The van der Waals surface area contributed by atoms with Gasteiger partial charge in [-0.1, -0.05) is 24.3 Å². The molecule has 0 fully saturated rings. The molecule has 1 N–H and O–H groups in total. The Hall–Kier alpha value is -3.65. The maximum absolute atomic E-state index is 12.4. The Morgan fingerprint density at radius 1 is 1.03 bits per heavy atom.